The van der Waals surface area contributed by atoms with Crippen LogP contribution in [0.4, 0.5) is 0 Å². The number of rotatable bonds is 5. The van der Waals surface area contributed by atoms with Gasteiger partial charge in [0.1, 0.15) is 16.2 Å². The predicted octanol–water partition coefficient (Wildman–Crippen LogP) is -1.84. The van der Waals surface area contributed by atoms with Crippen molar-refractivity contribution in [3.63, 3.8) is 0 Å². The molecule has 2 aliphatic rings. The van der Waals surface area contributed by atoms with Gasteiger partial charge in [-0.15, -0.1) is 34.9 Å². The van der Waals surface area contributed by atoms with Gasteiger partial charge in [0.2, 0.25) is 5.91 Å². The third-order valence-corrected chi connectivity index (χ3v) is 8.23. The fourth-order valence-corrected chi connectivity index (χ4v) is 7.18. The monoisotopic (exact) mass is 447 g/mol. The summed E-state index contributed by atoms with van der Waals surface area (Å²) < 4.78 is 1.96. The Morgan fingerprint density at radius 3 is 2.61 bits per heavy atom. The van der Waals surface area contributed by atoms with E-state index in [1.807, 2.05) is 23.8 Å². The quantitative estimate of drug-likeness (QED) is 0.327. The minimum absolute atomic E-state index is 0. The molecule has 4 rings (SSSR count). The van der Waals surface area contributed by atoms with Crippen molar-refractivity contribution in [3.8, 4) is 0 Å². The standard InChI is InChI=1S/C17H19N3O4S3.Na/c1-6-8(11(17(23)24)20-10(6)9(7(2)21)14(20)22)12-15(26-4)19-5-18-13(25-3)16(19)27-12;/h5-7,9-10,21H,1-4H3,(H,23,24);/q;+1/p-1/t6-,7+,9+,10+;/m0./s1. The number of imidazole rings is 1. The SMILES string of the molecule is CSc1ncn2c(SC)c(C3=C(C(=O)[O-])N4C(=O)[C@H]([C@@H](C)O)[C@H]4[C@H]3C)sc12.[Na+]. The van der Waals surface area contributed by atoms with Crippen molar-refractivity contribution in [1.29, 1.82) is 0 Å². The van der Waals surface area contributed by atoms with E-state index in [0.717, 1.165) is 19.8 Å². The van der Waals surface area contributed by atoms with Crippen LogP contribution in [-0.2, 0) is 9.59 Å². The van der Waals surface area contributed by atoms with E-state index in [9.17, 15) is 19.8 Å². The van der Waals surface area contributed by atoms with Crippen LogP contribution in [-0.4, -0.2) is 55.9 Å². The number of aliphatic hydroxyl groups excluding tert-OH is 1. The maximum absolute atomic E-state index is 12.5. The summed E-state index contributed by atoms with van der Waals surface area (Å²) >= 11 is 4.53. The molecule has 0 unspecified atom stereocenters. The molecule has 0 aromatic carbocycles. The van der Waals surface area contributed by atoms with Crippen LogP contribution in [0.25, 0.3) is 10.4 Å². The summed E-state index contributed by atoms with van der Waals surface area (Å²) in [5.41, 5.74) is 0.550. The molecular formula is C17H18N3NaO4S3. The summed E-state index contributed by atoms with van der Waals surface area (Å²) in [6, 6.07) is -0.352. The van der Waals surface area contributed by atoms with Crippen LogP contribution in [0.15, 0.2) is 22.1 Å². The van der Waals surface area contributed by atoms with Gasteiger partial charge >= 0.3 is 29.6 Å². The van der Waals surface area contributed by atoms with Crippen LogP contribution in [0.3, 0.4) is 0 Å². The summed E-state index contributed by atoms with van der Waals surface area (Å²) in [4.78, 5) is 32.0. The average molecular weight is 448 g/mol. The molecule has 1 amide bonds. The summed E-state index contributed by atoms with van der Waals surface area (Å²) in [6.07, 6.45) is 4.80. The largest absolute Gasteiger partial charge is 1.00 e. The van der Waals surface area contributed by atoms with Gasteiger partial charge in [-0.2, -0.15) is 0 Å². The van der Waals surface area contributed by atoms with Crippen LogP contribution in [0.2, 0.25) is 0 Å². The number of thioether (sulfide) groups is 2. The Hall–Kier alpha value is -0.490. The maximum atomic E-state index is 12.5. The molecule has 1 fully saturated rings. The number of aromatic nitrogens is 2. The number of hydrogen-bond acceptors (Lipinski definition) is 8. The summed E-state index contributed by atoms with van der Waals surface area (Å²) in [5, 5.41) is 23.7. The van der Waals surface area contributed by atoms with E-state index in [1.54, 1.807) is 13.3 Å². The second-order valence-electron chi connectivity index (χ2n) is 6.67. The number of carboxylic acid groups (broad SMARTS) is 1. The molecule has 4 heterocycles. The predicted molar refractivity (Wildman–Crippen MR) is 104 cm³/mol. The third-order valence-electron chi connectivity index (χ3n) is 5.30. The molecule has 28 heavy (non-hydrogen) atoms. The van der Waals surface area contributed by atoms with E-state index in [0.29, 0.717) is 5.57 Å². The Labute approximate surface area is 196 Å². The van der Waals surface area contributed by atoms with E-state index < -0.39 is 18.0 Å². The molecule has 0 bridgehead atoms. The van der Waals surface area contributed by atoms with Crippen molar-refractivity contribution in [2.75, 3.05) is 12.5 Å². The number of amides is 1. The molecule has 1 N–H and O–H groups in total. The minimum atomic E-state index is -1.36. The van der Waals surface area contributed by atoms with Crippen LogP contribution < -0.4 is 34.7 Å². The van der Waals surface area contributed by atoms with Gasteiger partial charge in [-0.3, -0.25) is 9.20 Å². The zero-order valence-corrected chi connectivity index (χ0v) is 20.6. The van der Waals surface area contributed by atoms with Gasteiger partial charge in [0.05, 0.1) is 39.6 Å². The molecule has 0 saturated carbocycles. The normalized spacial score (nSPS) is 25.0. The molecule has 2 aromatic heterocycles. The molecule has 0 radical (unpaired) electrons. The molecule has 7 nitrogen and oxygen atoms in total. The zero-order chi connectivity index (χ0) is 19.6. The number of fused-ring (bicyclic) bond motifs is 2. The third kappa shape index (κ3) is 2.91. The van der Waals surface area contributed by atoms with Crippen LogP contribution in [0.1, 0.15) is 18.7 Å². The van der Waals surface area contributed by atoms with E-state index in [2.05, 4.69) is 4.98 Å². The molecule has 0 spiro atoms. The Morgan fingerprint density at radius 2 is 2.07 bits per heavy atom. The number of carbonyl (C=O) groups excluding carboxylic acids is 2. The molecule has 1 saturated heterocycles. The van der Waals surface area contributed by atoms with Gasteiger partial charge in [0.15, 0.2) is 0 Å². The first kappa shape index (κ1) is 22.2. The molecule has 2 aliphatic heterocycles. The summed E-state index contributed by atoms with van der Waals surface area (Å²) in [7, 11) is 0. The van der Waals surface area contributed by atoms with Crippen LogP contribution >= 0.6 is 34.9 Å². The first-order valence-corrected chi connectivity index (χ1v) is 11.6. The zero-order valence-electron chi connectivity index (χ0n) is 16.1. The Morgan fingerprint density at radius 1 is 1.39 bits per heavy atom. The second kappa shape index (κ2) is 7.98. The Balaban J connectivity index is 0.00000225. The molecule has 4 atom stereocenters. The fraction of sp³-hybridized carbons (Fsp3) is 0.471. The average Bonchev–Trinajstić information content (AvgIpc) is 3.22. The van der Waals surface area contributed by atoms with E-state index in [-0.39, 0.29) is 53.1 Å². The number of β-lactam (4-membered cyclic amide) rings is 1. The van der Waals surface area contributed by atoms with Crippen molar-refractivity contribution in [2.24, 2.45) is 11.8 Å². The van der Waals surface area contributed by atoms with Gasteiger partial charge in [0.25, 0.3) is 0 Å². The maximum Gasteiger partial charge on any atom is 1.00 e. The molecule has 0 aliphatic carbocycles. The number of aliphatic hydroxyl groups is 1. The van der Waals surface area contributed by atoms with Crippen molar-refractivity contribution in [3.05, 3.63) is 16.9 Å². The van der Waals surface area contributed by atoms with Crippen molar-refractivity contribution in [2.45, 2.75) is 36.0 Å². The van der Waals surface area contributed by atoms with E-state index in [4.69, 9.17) is 0 Å². The summed E-state index contributed by atoms with van der Waals surface area (Å²) in [6.45, 7) is 3.49. The number of carboxylic acids is 1. The molecular weight excluding hydrogens is 429 g/mol. The number of thiazole rings is 1. The molecule has 144 valence electrons. The van der Waals surface area contributed by atoms with Crippen molar-refractivity contribution >= 4 is 57.1 Å². The van der Waals surface area contributed by atoms with Gasteiger partial charge in [0, 0.05) is 11.5 Å². The summed E-state index contributed by atoms with van der Waals surface area (Å²) in [5.74, 6) is -2.50. The Bertz CT molecular complexity index is 999. The first-order chi connectivity index (χ1) is 12.8. The number of nitrogens with zero attached hydrogens (tertiary/aromatic N) is 3. The van der Waals surface area contributed by atoms with E-state index in [1.165, 1.54) is 39.8 Å². The van der Waals surface area contributed by atoms with Gasteiger partial charge in [-0.25, -0.2) is 4.98 Å². The number of carbonyl (C=O) groups is 2. The van der Waals surface area contributed by atoms with Gasteiger partial charge in [-0.05, 0) is 19.4 Å². The molecule has 11 heteroatoms. The van der Waals surface area contributed by atoms with Crippen LogP contribution in [0.5, 0.6) is 0 Å². The smallest absolute Gasteiger partial charge is 0.543 e. The first-order valence-electron chi connectivity index (χ1n) is 8.38. The van der Waals surface area contributed by atoms with Gasteiger partial charge < -0.3 is 19.9 Å². The second-order valence-corrected chi connectivity index (χ2v) is 9.26. The molecule has 2 aromatic rings. The van der Waals surface area contributed by atoms with E-state index >= 15 is 0 Å². The topological polar surface area (TPSA) is 98.0 Å². The van der Waals surface area contributed by atoms with Gasteiger partial charge in [-0.1, -0.05) is 6.92 Å². The van der Waals surface area contributed by atoms with Crippen LogP contribution in [0, 0.1) is 11.8 Å². The fourth-order valence-electron chi connectivity index (χ4n) is 4.17. The Kier molecular flexibility index (Phi) is 6.32. The number of aliphatic carboxylic acids is 1. The number of hydrogen-bond donors (Lipinski definition) is 1. The van der Waals surface area contributed by atoms with Crippen molar-refractivity contribution < 1.29 is 49.4 Å². The minimum Gasteiger partial charge on any atom is -0.543 e. The van der Waals surface area contributed by atoms with Crippen molar-refractivity contribution in [1.82, 2.24) is 14.3 Å².